The van der Waals surface area contributed by atoms with Crippen LogP contribution >= 0.6 is 23.2 Å². The molecule has 0 spiro atoms. The van der Waals surface area contributed by atoms with Crippen LogP contribution in [0.5, 0.6) is 0 Å². The van der Waals surface area contributed by atoms with Crippen molar-refractivity contribution in [3.05, 3.63) is 27.7 Å². The maximum absolute atomic E-state index is 11.0. The largest absolute Gasteiger partial charge is 0.392 e. The molecule has 0 aliphatic carbocycles. The molecule has 0 fully saturated rings. The molecular formula is C7H7Cl2NO3S. The number of halogens is 2. The molecule has 3 N–H and O–H groups in total. The van der Waals surface area contributed by atoms with Crippen LogP contribution in [-0.4, -0.2) is 13.5 Å². The molecule has 78 valence electrons. The average Bonchev–Trinajstić information content (AvgIpc) is 2.02. The Labute approximate surface area is 91.3 Å². The van der Waals surface area contributed by atoms with Crippen molar-refractivity contribution in [2.45, 2.75) is 11.5 Å². The van der Waals surface area contributed by atoms with Crippen LogP contribution < -0.4 is 5.14 Å². The Morgan fingerprint density at radius 3 is 2.36 bits per heavy atom. The number of aliphatic hydroxyl groups excluding tert-OH is 1. The normalized spacial score (nSPS) is 11.7. The second-order valence-corrected chi connectivity index (χ2v) is 4.86. The van der Waals surface area contributed by atoms with Gasteiger partial charge < -0.3 is 5.11 Å². The predicted octanol–water partition coefficient (Wildman–Crippen LogP) is 1.13. The lowest BCUT2D eigenvalue weighted by atomic mass is 10.2. The first-order valence-electron chi connectivity index (χ1n) is 3.48. The zero-order chi connectivity index (χ0) is 10.9. The van der Waals surface area contributed by atoms with E-state index in [0.717, 1.165) is 0 Å². The summed E-state index contributed by atoms with van der Waals surface area (Å²) in [6, 6.07) is 2.51. The second kappa shape index (κ2) is 4.04. The van der Waals surface area contributed by atoms with E-state index in [2.05, 4.69) is 0 Å². The van der Waals surface area contributed by atoms with Crippen molar-refractivity contribution in [2.24, 2.45) is 5.14 Å². The number of benzene rings is 1. The highest BCUT2D eigenvalue weighted by Gasteiger charge is 2.17. The predicted molar refractivity (Wildman–Crippen MR) is 53.8 cm³/mol. The molecule has 0 amide bonds. The SMILES string of the molecule is NS(=O)(=O)c1ccc(Cl)c(CO)c1Cl. The van der Waals surface area contributed by atoms with Gasteiger partial charge in [0.25, 0.3) is 0 Å². The molecule has 1 aromatic rings. The highest BCUT2D eigenvalue weighted by Crippen LogP contribution is 2.30. The van der Waals surface area contributed by atoms with E-state index in [9.17, 15) is 8.42 Å². The third kappa shape index (κ3) is 2.18. The lowest BCUT2D eigenvalue weighted by molar-refractivity contribution is 0.282. The maximum Gasteiger partial charge on any atom is 0.239 e. The molecule has 0 saturated heterocycles. The summed E-state index contributed by atoms with van der Waals surface area (Å²) in [6.07, 6.45) is 0. The first kappa shape index (κ1) is 11.7. The Morgan fingerprint density at radius 2 is 1.93 bits per heavy atom. The first-order chi connectivity index (χ1) is 6.38. The number of nitrogens with two attached hydrogens (primary N) is 1. The summed E-state index contributed by atoms with van der Waals surface area (Å²) in [5.41, 5.74) is 0.153. The van der Waals surface area contributed by atoms with Crippen LogP contribution in [0.4, 0.5) is 0 Å². The summed E-state index contributed by atoms with van der Waals surface area (Å²) in [5, 5.41) is 13.8. The van der Waals surface area contributed by atoms with E-state index in [4.69, 9.17) is 33.4 Å². The number of hydrogen-bond donors (Lipinski definition) is 2. The van der Waals surface area contributed by atoms with E-state index >= 15 is 0 Å². The lowest BCUT2D eigenvalue weighted by Gasteiger charge is -2.07. The summed E-state index contributed by atoms with van der Waals surface area (Å²) in [7, 11) is -3.88. The van der Waals surface area contributed by atoms with Gasteiger partial charge in [0.15, 0.2) is 0 Å². The lowest BCUT2D eigenvalue weighted by Crippen LogP contribution is -2.13. The van der Waals surface area contributed by atoms with Crippen LogP contribution in [0.2, 0.25) is 10.0 Å². The van der Waals surface area contributed by atoms with Crippen LogP contribution in [-0.2, 0) is 16.6 Å². The van der Waals surface area contributed by atoms with Crippen LogP contribution in [0.3, 0.4) is 0 Å². The summed E-state index contributed by atoms with van der Waals surface area (Å²) < 4.78 is 22.0. The molecule has 1 aromatic carbocycles. The molecule has 1 rings (SSSR count). The number of rotatable bonds is 2. The zero-order valence-electron chi connectivity index (χ0n) is 6.87. The summed E-state index contributed by atoms with van der Waals surface area (Å²) >= 11 is 11.4. The summed E-state index contributed by atoms with van der Waals surface area (Å²) in [4.78, 5) is -0.243. The van der Waals surface area contributed by atoms with Gasteiger partial charge in [-0.2, -0.15) is 0 Å². The third-order valence-corrected chi connectivity index (χ3v) is 3.47. The quantitative estimate of drug-likeness (QED) is 0.832. The molecule has 0 unspecified atom stereocenters. The topological polar surface area (TPSA) is 80.4 Å². The van der Waals surface area contributed by atoms with Gasteiger partial charge in [-0.15, -0.1) is 0 Å². The van der Waals surface area contributed by atoms with E-state index in [1.165, 1.54) is 12.1 Å². The number of sulfonamides is 1. The highest BCUT2D eigenvalue weighted by atomic mass is 35.5. The van der Waals surface area contributed by atoms with Crippen LogP contribution in [0.25, 0.3) is 0 Å². The Morgan fingerprint density at radius 1 is 1.36 bits per heavy atom. The van der Waals surface area contributed by atoms with Crippen molar-refractivity contribution in [1.29, 1.82) is 0 Å². The fourth-order valence-electron chi connectivity index (χ4n) is 0.941. The van der Waals surface area contributed by atoms with Gasteiger partial charge in [-0.25, -0.2) is 13.6 Å². The second-order valence-electron chi connectivity index (χ2n) is 2.54. The van der Waals surface area contributed by atoms with E-state index in [0.29, 0.717) is 0 Å². The van der Waals surface area contributed by atoms with E-state index < -0.39 is 16.6 Å². The molecule has 4 nitrogen and oxygen atoms in total. The van der Waals surface area contributed by atoms with Crippen molar-refractivity contribution >= 4 is 33.2 Å². The summed E-state index contributed by atoms with van der Waals surface area (Å²) in [6.45, 7) is -0.443. The van der Waals surface area contributed by atoms with E-state index in [1.54, 1.807) is 0 Å². The smallest absolute Gasteiger partial charge is 0.239 e. The minimum atomic E-state index is -3.88. The van der Waals surface area contributed by atoms with Gasteiger partial charge in [0.05, 0.1) is 11.6 Å². The molecule has 0 aromatic heterocycles. The molecule has 0 aliphatic rings. The molecule has 14 heavy (non-hydrogen) atoms. The number of aliphatic hydroxyl groups is 1. The fraction of sp³-hybridized carbons (Fsp3) is 0.143. The Balaban J connectivity index is 3.52. The molecule has 0 saturated carbocycles. The Kier molecular flexibility index (Phi) is 3.39. The van der Waals surface area contributed by atoms with Crippen LogP contribution in [0, 0.1) is 0 Å². The van der Waals surface area contributed by atoms with Gasteiger partial charge in [0.2, 0.25) is 10.0 Å². The first-order valence-corrected chi connectivity index (χ1v) is 5.78. The van der Waals surface area contributed by atoms with Crippen LogP contribution in [0.1, 0.15) is 5.56 Å². The van der Waals surface area contributed by atoms with Crippen molar-refractivity contribution in [3.63, 3.8) is 0 Å². The molecule has 0 aliphatic heterocycles. The zero-order valence-corrected chi connectivity index (χ0v) is 9.20. The number of primary sulfonamides is 1. The van der Waals surface area contributed by atoms with Crippen molar-refractivity contribution in [3.8, 4) is 0 Å². The van der Waals surface area contributed by atoms with Gasteiger partial charge in [-0.1, -0.05) is 23.2 Å². The minimum Gasteiger partial charge on any atom is -0.392 e. The molecule has 0 bridgehead atoms. The van der Waals surface area contributed by atoms with Gasteiger partial charge in [-0.05, 0) is 12.1 Å². The summed E-state index contributed by atoms with van der Waals surface area (Å²) in [5.74, 6) is 0. The standard InChI is InChI=1S/C7H7Cl2NO3S/c8-5-1-2-6(14(10,12)13)7(9)4(5)3-11/h1-2,11H,3H2,(H2,10,12,13). The Hall–Kier alpha value is -0.330. The highest BCUT2D eigenvalue weighted by molar-refractivity contribution is 7.89. The van der Waals surface area contributed by atoms with Gasteiger partial charge in [-0.3, -0.25) is 0 Å². The molecule has 0 atom stereocenters. The van der Waals surface area contributed by atoms with Crippen molar-refractivity contribution in [1.82, 2.24) is 0 Å². The van der Waals surface area contributed by atoms with Gasteiger partial charge in [0, 0.05) is 10.6 Å². The fourth-order valence-corrected chi connectivity index (χ4v) is 2.38. The van der Waals surface area contributed by atoms with Gasteiger partial charge in [0.1, 0.15) is 4.90 Å². The monoisotopic (exact) mass is 255 g/mol. The molecule has 0 radical (unpaired) electrons. The molecular weight excluding hydrogens is 249 g/mol. The van der Waals surface area contributed by atoms with Crippen molar-refractivity contribution < 1.29 is 13.5 Å². The van der Waals surface area contributed by atoms with Gasteiger partial charge >= 0.3 is 0 Å². The Bertz CT molecular complexity index is 458. The minimum absolute atomic E-state index is 0.137. The van der Waals surface area contributed by atoms with E-state index in [-0.39, 0.29) is 20.5 Å². The van der Waals surface area contributed by atoms with Crippen molar-refractivity contribution in [2.75, 3.05) is 0 Å². The molecule has 7 heteroatoms. The maximum atomic E-state index is 11.0. The third-order valence-electron chi connectivity index (χ3n) is 1.62. The van der Waals surface area contributed by atoms with Crippen LogP contribution in [0.15, 0.2) is 17.0 Å². The average molecular weight is 256 g/mol. The van der Waals surface area contributed by atoms with E-state index in [1.807, 2.05) is 0 Å². The molecule has 0 heterocycles. The number of hydrogen-bond acceptors (Lipinski definition) is 3.